The van der Waals surface area contributed by atoms with Gasteiger partial charge in [-0.2, -0.15) is 4.31 Å². The quantitative estimate of drug-likeness (QED) is 0.178. The van der Waals surface area contributed by atoms with Crippen molar-refractivity contribution in [2.45, 2.75) is 84.0 Å². The van der Waals surface area contributed by atoms with Gasteiger partial charge < -0.3 is 14.6 Å². The van der Waals surface area contributed by atoms with E-state index >= 15 is 0 Å². The van der Waals surface area contributed by atoms with Crippen LogP contribution < -0.4 is 15.2 Å². The summed E-state index contributed by atoms with van der Waals surface area (Å²) in [6.45, 7) is 12.4. The zero-order valence-corrected chi connectivity index (χ0v) is 28.0. The number of nitrogens with one attached hydrogen (secondary N) is 1. The average molecular weight is 635 g/mol. The molecule has 0 amide bonds. The molecule has 11 heteroatoms. The van der Waals surface area contributed by atoms with Gasteiger partial charge in [-0.15, -0.1) is 5.10 Å². The Morgan fingerprint density at radius 3 is 2.42 bits per heavy atom. The summed E-state index contributed by atoms with van der Waals surface area (Å²) in [5, 5.41) is 4.87. The van der Waals surface area contributed by atoms with Crippen molar-refractivity contribution in [1.82, 2.24) is 23.9 Å². The number of ether oxygens (including phenoxy) is 1. The fraction of sp³-hybridized carbons (Fsp3) is 0.500. The van der Waals surface area contributed by atoms with E-state index < -0.39 is 10.0 Å². The summed E-state index contributed by atoms with van der Waals surface area (Å²) >= 11 is 0. The van der Waals surface area contributed by atoms with Crippen LogP contribution in [0.2, 0.25) is 0 Å². The maximum Gasteiger partial charge on any atom is 0.277 e. The molecular formula is C34H46N6O4S. The summed E-state index contributed by atoms with van der Waals surface area (Å²) in [5.74, 6) is 1.62. The Bertz CT molecular complexity index is 1790. The van der Waals surface area contributed by atoms with Crippen LogP contribution in [0.1, 0.15) is 82.3 Å². The fourth-order valence-electron chi connectivity index (χ4n) is 6.28. The molecule has 242 valence electrons. The maximum absolute atomic E-state index is 13.9. The van der Waals surface area contributed by atoms with Crippen LogP contribution >= 0.6 is 0 Å². The number of anilines is 1. The summed E-state index contributed by atoms with van der Waals surface area (Å²) < 4.78 is 36.9. The van der Waals surface area contributed by atoms with Crippen LogP contribution in [-0.4, -0.2) is 65.1 Å². The fourth-order valence-corrected chi connectivity index (χ4v) is 7.73. The third kappa shape index (κ3) is 6.79. The third-order valence-electron chi connectivity index (χ3n) is 8.80. The highest BCUT2D eigenvalue weighted by molar-refractivity contribution is 7.89. The Morgan fingerprint density at radius 1 is 0.978 bits per heavy atom. The van der Waals surface area contributed by atoms with E-state index in [1.54, 1.807) is 22.7 Å². The smallest absolute Gasteiger partial charge is 0.277 e. The van der Waals surface area contributed by atoms with E-state index in [2.05, 4.69) is 42.8 Å². The monoisotopic (exact) mass is 634 g/mol. The van der Waals surface area contributed by atoms with Gasteiger partial charge in [0.25, 0.3) is 5.56 Å². The minimum atomic E-state index is -3.82. The van der Waals surface area contributed by atoms with E-state index in [0.717, 1.165) is 37.2 Å². The molecule has 4 aromatic rings. The van der Waals surface area contributed by atoms with Gasteiger partial charge >= 0.3 is 0 Å². The van der Waals surface area contributed by atoms with Gasteiger partial charge in [0.05, 0.1) is 22.8 Å². The highest BCUT2D eigenvalue weighted by Gasteiger charge is 2.30. The second-order valence-electron chi connectivity index (χ2n) is 11.8. The molecule has 45 heavy (non-hydrogen) atoms. The Labute approximate surface area is 266 Å². The molecule has 1 atom stereocenters. The Balaban J connectivity index is 1.49. The van der Waals surface area contributed by atoms with Crippen molar-refractivity contribution >= 4 is 21.2 Å². The molecule has 5 rings (SSSR count). The minimum Gasteiger partial charge on any atom is -0.493 e. The van der Waals surface area contributed by atoms with Crippen molar-refractivity contribution in [3.05, 3.63) is 69.9 Å². The minimum absolute atomic E-state index is 0.137. The summed E-state index contributed by atoms with van der Waals surface area (Å²) in [7, 11) is -3.82. The second-order valence-corrected chi connectivity index (χ2v) is 13.8. The van der Waals surface area contributed by atoms with E-state index in [4.69, 9.17) is 14.8 Å². The molecule has 10 nitrogen and oxygen atoms in total. The first-order chi connectivity index (χ1) is 21.7. The number of para-hydroxylation sites is 1. The number of piperazine rings is 1. The van der Waals surface area contributed by atoms with E-state index in [9.17, 15) is 13.2 Å². The van der Waals surface area contributed by atoms with Gasteiger partial charge in [-0.05, 0) is 63.4 Å². The number of hydrogen-bond acceptors (Lipinski definition) is 7. The van der Waals surface area contributed by atoms with E-state index in [1.807, 2.05) is 26.0 Å². The highest BCUT2D eigenvalue weighted by Crippen LogP contribution is 2.33. The lowest BCUT2D eigenvalue weighted by Crippen LogP contribution is -2.48. The predicted molar refractivity (Wildman–Crippen MR) is 179 cm³/mol. The number of aryl methyl sites for hydroxylation is 2. The van der Waals surface area contributed by atoms with Gasteiger partial charge in [0.1, 0.15) is 11.6 Å². The van der Waals surface area contributed by atoms with Crippen LogP contribution in [0.3, 0.4) is 0 Å². The maximum atomic E-state index is 13.9. The largest absolute Gasteiger partial charge is 0.493 e. The number of benzene rings is 2. The average Bonchev–Trinajstić information content (AvgIpc) is 3.38. The number of sulfonamides is 1. The molecule has 0 aliphatic carbocycles. The molecule has 3 heterocycles. The number of nitrogens with zero attached hydrogens (tertiary/aromatic N) is 5. The number of unbranched alkanes of at least 4 members (excludes halogenated alkanes) is 3. The molecule has 1 N–H and O–H groups in total. The van der Waals surface area contributed by atoms with Crippen molar-refractivity contribution in [3.63, 3.8) is 0 Å². The Morgan fingerprint density at radius 2 is 1.73 bits per heavy atom. The summed E-state index contributed by atoms with van der Waals surface area (Å²) in [6, 6.07) is 13.0. The molecule has 0 saturated carbocycles. The molecule has 1 unspecified atom stereocenters. The van der Waals surface area contributed by atoms with Gasteiger partial charge in [0.15, 0.2) is 11.3 Å². The topological polar surface area (TPSA) is 113 Å². The standard InChI is InChI=1S/C34H46N6O4S/c1-6-9-10-11-15-26(7-2)33-35-25(5)31-34(41)36-32(37-40(31)33)28-23-27(17-18-30(28)44-8-3)45(42,43)39-21-19-38(20-22-39)29-16-13-12-14-24(29)4/h12-14,16-18,23,26H,6-11,15,19-22H2,1-5H3,(H,36,37,41). The zero-order valence-electron chi connectivity index (χ0n) is 27.2. The van der Waals surface area contributed by atoms with Gasteiger partial charge in [0, 0.05) is 37.8 Å². The van der Waals surface area contributed by atoms with Crippen molar-refractivity contribution in [2.75, 3.05) is 37.7 Å². The molecule has 2 aromatic carbocycles. The van der Waals surface area contributed by atoms with Crippen LogP contribution in [-0.2, 0) is 10.0 Å². The summed E-state index contributed by atoms with van der Waals surface area (Å²) in [5.41, 5.74) is 3.44. The molecule has 1 aliphatic heterocycles. The first kappa shape index (κ1) is 32.7. The van der Waals surface area contributed by atoms with Gasteiger partial charge in [0.2, 0.25) is 10.0 Å². The SMILES string of the molecule is CCCCCCC(CC)c1nc(C)c2c(=O)[nH]c(-c3cc(S(=O)(=O)N4CCN(c5ccccc5C)CC4)ccc3OCC)nn12. The lowest BCUT2D eigenvalue weighted by Gasteiger charge is -2.36. The molecule has 0 bridgehead atoms. The summed E-state index contributed by atoms with van der Waals surface area (Å²) in [4.78, 5) is 23.5. The zero-order chi connectivity index (χ0) is 32.1. The molecular weight excluding hydrogens is 588 g/mol. The first-order valence-corrected chi connectivity index (χ1v) is 17.7. The van der Waals surface area contributed by atoms with Gasteiger partial charge in [-0.3, -0.25) is 4.79 Å². The van der Waals surface area contributed by atoms with Crippen molar-refractivity contribution in [1.29, 1.82) is 0 Å². The van der Waals surface area contributed by atoms with Crippen LogP contribution in [0.25, 0.3) is 16.9 Å². The lowest BCUT2D eigenvalue weighted by molar-refractivity contribution is 0.341. The normalized spacial score (nSPS) is 15.1. The molecule has 1 aliphatic rings. The molecule has 2 aromatic heterocycles. The lowest BCUT2D eigenvalue weighted by atomic mass is 9.97. The van der Waals surface area contributed by atoms with E-state index in [0.29, 0.717) is 55.3 Å². The van der Waals surface area contributed by atoms with Crippen molar-refractivity contribution < 1.29 is 13.2 Å². The number of hydrogen-bond donors (Lipinski definition) is 1. The number of fused-ring (bicyclic) bond motifs is 1. The number of H-pyrrole nitrogens is 1. The van der Waals surface area contributed by atoms with E-state index in [-0.39, 0.29) is 22.2 Å². The Kier molecular flexibility index (Phi) is 10.3. The van der Waals surface area contributed by atoms with Gasteiger partial charge in [-0.1, -0.05) is 57.7 Å². The molecule has 0 spiro atoms. The van der Waals surface area contributed by atoms with Crippen molar-refractivity contribution in [3.8, 4) is 17.1 Å². The van der Waals surface area contributed by atoms with Crippen molar-refractivity contribution in [2.24, 2.45) is 0 Å². The van der Waals surface area contributed by atoms with E-state index in [1.165, 1.54) is 22.7 Å². The van der Waals surface area contributed by atoms with Crippen LogP contribution in [0.5, 0.6) is 5.75 Å². The van der Waals surface area contributed by atoms with Crippen LogP contribution in [0, 0.1) is 13.8 Å². The highest BCUT2D eigenvalue weighted by atomic mass is 32.2. The number of aromatic amines is 1. The number of imidazole rings is 1. The number of aromatic nitrogens is 4. The summed E-state index contributed by atoms with van der Waals surface area (Å²) in [6.07, 6.45) is 6.46. The molecule has 0 radical (unpaired) electrons. The number of rotatable bonds is 13. The molecule has 1 saturated heterocycles. The van der Waals surface area contributed by atoms with Crippen LogP contribution in [0.15, 0.2) is 52.2 Å². The third-order valence-corrected chi connectivity index (χ3v) is 10.7. The Hall–Kier alpha value is -3.70. The molecule has 1 fully saturated rings. The van der Waals surface area contributed by atoms with Gasteiger partial charge in [-0.25, -0.2) is 17.9 Å². The van der Waals surface area contributed by atoms with Crippen LogP contribution in [0.4, 0.5) is 5.69 Å². The first-order valence-electron chi connectivity index (χ1n) is 16.3. The predicted octanol–water partition coefficient (Wildman–Crippen LogP) is 6.08. The second kappa shape index (κ2) is 14.2.